The Morgan fingerprint density at radius 3 is 2.19 bits per heavy atom. The molecule has 2 amide bonds. The monoisotopic (exact) mass is 637 g/mol. The first-order chi connectivity index (χ1) is 20.3. The Morgan fingerprint density at radius 1 is 0.976 bits per heavy atom. The third kappa shape index (κ3) is 7.56. The molecule has 222 valence electrons. The number of hydrogen-bond acceptors (Lipinski definition) is 7. The summed E-state index contributed by atoms with van der Waals surface area (Å²) >= 11 is 3.42. The van der Waals surface area contributed by atoms with E-state index in [1.165, 1.54) is 12.0 Å². The van der Waals surface area contributed by atoms with Crippen LogP contribution < -0.4 is 10.6 Å². The van der Waals surface area contributed by atoms with Crippen LogP contribution in [0.15, 0.2) is 89.4 Å². The van der Waals surface area contributed by atoms with E-state index in [4.69, 9.17) is 9.47 Å². The molecule has 1 aliphatic heterocycles. The highest BCUT2D eigenvalue weighted by molar-refractivity contribution is 9.10. The number of benzene rings is 3. The summed E-state index contributed by atoms with van der Waals surface area (Å²) in [6, 6.07) is 22.9. The number of carbonyl (C=O) groups excluding carboxylic acids is 3. The zero-order valence-electron chi connectivity index (χ0n) is 23.6. The number of halogens is 1. The number of esters is 1. The van der Waals surface area contributed by atoms with Gasteiger partial charge in [0.2, 0.25) is 5.91 Å². The maximum Gasteiger partial charge on any atom is 0.331 e. The summed E-state index contributed by atoms with van der Waals surface area (Å²) < 4.78 is 11.8. The number of ether oxygens (including phenoxy) is 2. The molecular formula is C32H36BrN3O6. The Kier molecular flexibility index (Phi) is 11.1. The highest BCUT2D eigenvalue weighted by Gasteiger charge is 2.42. The standard InChI is InChI=1S/C32H36BrN3O6/c1-3-42-32(40)27(29(41-2)22-13-8-5-9-14-22)35-30(38)25-15-10-20-36(25)31(39)28(37)26(21-11-6-4-7-12-21)34-24-18-16-23(33)17-19-24/h4-9,11-14,16-19,25-29,34,37H,3,10,15,20H2,1-2H3,(H,35,38)/t25-,26+,27-,28+,29-/m0/s1. The van der Waals surface area contributed by atoms with Crippen molar-refractivity contribution in [2.24, 2.45) is 0 Å². The first-order valence-corrected chi connectivity index (χ1v) is 14.7. The third-order valence-corrected chi connectivity index (χ3v) is 7.78. The van der Waals surface area contributed by atoms with E-state index >= 15 is 0 Å². The van der Waals surface area contributed by atoms with Crippen LogP contribution in [0.2, 0.25) is 0 Å². The molecule has 0 saturated carbocycles. The van der Waals surface area contributed by atoms with Crippen LogP contribution in [0.1, 0.15) is 43.0 Å². The Balaban J connectivity index is 1.55. The minimum absolute atomic E-state index is 0.128. The molecule has 3 N–H and O–H groups in total. The summed E-state index contributed by atoms with van der Waals surface area (Å²) in [6.07, 6.45) is -1.33. The first kappa shape index (κ1) is 31.2. The number of nitrogens with one attached hydrogen (secondary N) is 2. The summed E-state index contributed by atoms with van der Waals surface area (Å²) in [5.74, 6) is -1.73. The average Bonchev–Trinajstić information content (AvgIpc) is 3.51. The number of aliphatic hydroxyl groups is 1. The second-order valence-corrected chi connectivity index (χ2v) is 10.9. The Labute approximate surface area is 254 Å². The maximum absolute atomic E-state index is 13.8. The van der Waals surface area contributed by atoms with Gasteiger partial charge >= 0.3 is 5.97 Å². The molecule has 0 aliphatic carbocycles. The summed E-state index contributed by atoms with van der Waals surface area (Å²) in [7, 11) is 1.46. The molecular weight excluding hydrogens is 602 g/mol. The van der Waals surface area contributed by atoms with Gasteiger partial charge in [-0.3, -0.25) is 9.59 Å². The van der Waals surface area contributed by atoms with E-state index in [1.807, 2.05) is 72.8 Å². The van der Waals surface area contributed by atoms with Crippen LogP contribution in [-0.2, 0) is 23.9 Å². The van der Waals surface area contributed by atoms with Crippen molar-refractivity contribution in [2.75, 3.05) is 25.6 Å². The largest absolute Gasteiger partial charge is 0.464 e. The molecule has 0 bridgehead atoms. The zero-order valence-corrected chi connectivity index (χ0v) is 25.2. The minimum Gasteiger partial charge on any atom is -0.464 e. The lowest BCUT2D eigenvalue weighted by Gasteiger charge is -2.32. The number of anilines is 1. The van der Waals surface area contributed by atoms with Gasteiger partial charge in [-0.1, -0.05) is 76.6 Å². The Hall–Kier alpha value is -3.73. The van der Waals surface area contributed by atoms with Gasteiger partial charge in [0.05, 0.1) is 12.6 Å². The molecule has 1 fully saturated rings. The lowest BCUT2D eigenvalue weighted by molar-refractivity contribution is -0.153. The summed E-state index contributed by atoms with van der Waals surface area (Å²) in [5, 5.41) is 17.5. The Bertz CT molecular complexity index is 1330. The van der Waals surface area contributed by atoms with Gasteiger partial charge in [0.1, 0.15) is 12.1 Å². The van der Waals surface area contributed by atoms with Gasteiger partial charge in [0.15, 0.2) is 12.1 Å². The van der Waals surface area contributed by atoms with E-state index in [2.05, 4.69) is 26.6 Å². The van der Waals surface area contributed by atoms with Crippen molar-refractivity contribution in [3.63, 3.8) is 0 Å². The van der Waals surface area contributed by atoms with Gasteiger partial charge in [-0.05, 0) is 55.2 Å². The van der Waals surface area contributed by atoms with Crippen LogP contribution in [-0.4, -0.2) is 66.2 Å². The molecule has 0 radical (unpaired) electrons. The third-order valence-electron chi connectivity index (χ3n) is 7.26. The van der Waals surface area contributed by atoms with E-state index in [9.17, 15) is 19.5 Å². The van der Waals surface area contributed by atoms with Crippen LogP contribution in [0.5, 0.6) is 0 Å². The second kappa shape index (κ2) is 14.9. The quantitative estimate of drug-likeness (QED) is 0.252. The fourth-order valence-corrected chi connectivity index (χ4v) is 5.46. The average molecular weight is 639 g/mol. The molecule has 0 spiro atoms. The van der Waals surface area contributed by atoms with Gasteiger partial charge in [0.25, 0.3) is 5.91 Å². The topological polar surface area (TPSA) is 117 Å². The van der Waals surface area contributed by atoms with E-state index in [0.29, 0.717) is 24.9 Å². The fraction of sp³-hybridized carbons (Fsp3) is 0.344. The predicted octanol–water partition coefficient (Wildman–Crippen LogP) is 4.39. The van der Waals surface area contributed by atoms with E-state index in [1.54, 1.807) is 19.1 Å². The number of carbonyl (C=O) groups is 3. The predicted molar refractivity (Wildman–Crippen MR) is 162 cm³/mol. The lowest BCUT2D eigenvalue weighted by atomic mass is 9.99. The summed E-state index contributed by atoms with van der Waals surface area (Å²) in [5.41, 5.74) is 2.13. The van der Waals surface area contributed by atoms with E-state index in [-0.39, 0.29) is 6.61 Å². The summed E-state index contributed by atoms with van der Waals surface area (Å²) in [6.45, 7) is 2.11. The van der Waals surface area contributed by atoms with E-state index < -0.39 is 48.1 Å². The lowest BCUT2D eigenvalue weighted by Crippen LogP contribution is -2.55. The molecule has 0 aromatic heterocycles. The number of rotatable bonds is 12. The SMILES string of the molecule is CCOC(=O)[C@@H](NC(=O)[C@@H]1CCCN1C(=O)[C@H](O)[C@H](Nc1ccc(Br)cc1)c1ccccc1)[C@@H](OC)c1ccccc1. The molecule has 3 aromatic carbocycles. The molecule has 1 saturated heterocycles. The van der Waals surface area contributed by atoms with Crippen molar-refractivity contribution < 1.29 is 29.0 Å². The fourth-order valence-electron chi connectivity index (χ4n) is 5.19. The van der Waals surface area contributed by atoms with Crippen LogP contribution in [0.4, 0.5) is 5.69 Å². The van der Waals surface area contributed by atoms with Gasteiger partial charge in [0, 0.05) is 23.8 Å². The van der Waals surface area contributed by atoms with Crippen molar-refractivity contribution in [1.29, 1.82) is 0 Å². The molecule has 1 heterocycles. The van der Waals surface area contributed by atoms with Crippen molar-refractivity contribution in [1.82, 2.24) is 10.2 Å². The van der Waals surface area contributed by atoms with Crippen LogP contribution in [0.25, 0.3) is 0 Å². The molecule has 4 rings (SSSR count). The smallest absolute Gasteiger partial charge is 0.331 e. The highest BCUT2D eigenvalue weighted by Crippen LogP contribution is 2.28. The molecule has 42 heavy (non-hydrogen) atoms. The molecule has 9 nitrogen and oxygen atoms in total. The molecule has 1 aliphatic rings. The first-order valence-electron chi connectivity index (χ1n) is 13.9. The van der Waals surface area contributed by atoms with Gasteiger partial charge in [-0.2, -0.15) is 0 Å². The second-order valence-electron chi connectivity index (χ2n) is 9.98. The highest BCUT2D eigenvalue weighted by atomic mass is 79.9. The van der Waals surface area contributed by atoms with Crippen LogP contribution in [0.3, 0.4) is 0 Å². The molecule has 0 unspecified atom stereocenters. The number of amides is 2. The van der Waals surface area contributed by atoms with Gasteiger partial charge in [-0.15, -0.1) is 0 Å². The Morgan fingerprint density at radius 2 is 1.60 bits per heavy atom. The maximum atomic E-state index is 13.8. The minimum atomic E-state index is -1.48. The van der Waals surface area contributed by atoms with Gasteiger partial charge < -0.3 is 30.1 Å². The van der Waals surface area contributed by atoms with E-state index in [0.717, 1.165) is 15.7 Å². The van der Waals surface area contributed by atoms with Gasteiger partial charge in [-0.25, -0.2) is 4.79 Å². The van der Waals surface area contributed by atoms with Crippen LogP contribution >= 0.6 is 15.9 Å². The number of aliphatic hydroxyl groups excluding tert-OH is 1. The number of hydrogen-bond donors (Lipinski definition) is 3. The summed E-state index contributed by atoms with van der Waals surface area (Å²) in [4.78, 5) is 41.8. The number of nitrogens with zero attached hydrogens (tertiary/aromatic N) is 1. The van der Waals surface area contributed by atoms with Crippen molar-refractivity contribution >= 4 is 39.4 Å². The number of methoxy groups -OCH3 is 1. The van der Waals surface area contributed by atoms with Crippen molar-refractivity contribution in [3.8, 4) is 0 Å². The van der Waals surface area contributed by atoms with Crippen molar-refractivity contribution in [2.45, 2.75) is 50.1 Å². The molecule has 10 heteroatoms. The molecule has 3 aromatic rings. The molecule has 5 atom stereocenters. The number of likely N-dealkylation sites (tertiary alicyclic amines) is 1. The normalized spacial score (nSPS) is 17.5. The van der Waals surface area contributed by atoms with Crippen LogP contribution in [0, 0.1) is 0 Å². The zero-order chi connectivity index (χ0) is 30.1. The van der Waals surface area contributed by atoms with Crippen molar-refractivity contribution in [3.05, 3.63) is 101 Å².